The standard InChI is InChI=1S/C17H25BrN2O/c1-13(12-15-2-5-16(18)6-3-15)20-17(21)7-4-14-8-10-19-11-9-14/h2-3,5-6,13-14,19H,4,7-12H2,1H3,(H,20,21). The SMILES string of the molecule is CC(Cc1ccc(Br)cc1)NC(=O)CCC1CCNCC1. The van der Waals surface area contributed by atoms with E-state index < -0.39 is 0 Å². The molecule has 1 aliphatic rings. The zero-order chi connectivity index (χ0) is 15.1. The van der Waals surface area contributed by atoms with Gasteiger partial charge in [0.2, 0.25) is 5.91 Å². The first kappa shape index (κ1) is 16.5. The predicted octanol–water partition coefficient (Wildman–Crippen LogP) is 3.28. The lowest BCUT2D eigenvalue weighted by Crippen LogP contribution is -2.35. The molecule has 0 aliphatic carbocycles. The zero-order valence-corrected chi connectivity index (χ0v) is 14.3. The van der Waals surface area contributed by atoms with Crippen molar-refractivity contribution in [2.75, 3.05) is 13.1 Å². The largest absolute Gasteiger partial charge is 0.353 e. The molecule has 1 aromatic carbocycles. The van der Waals surface area contributed by atoms with Crippen LogP contribution in [0.2, 0.25) is 0 Å². The second-order valence-corrected chi connectivity index (χ2v) is 6.95. The fourth-order valence-electron chi connectivity index (χ4n) is 2.88. The number of benzene rings is 1. The first-order valence-electron chi connectivity index (χ1n) is 7.88. The van der Waals surface area contributed by atoms with Crippen LogP contribution in [0.5, 0.6) is 0 Å². The van der Waals surface area contributed by atoms with Crippen LogP contribution in [0.1, 0.15) is 38.2 Å². The molecule has 1 saturated heterocycles. The summed E-state index contributed by atoms with van der Waals surface area (Å²) < 4.78 is 1.09. The number of hydrogen-bond donors (Lipinski definition) is 2. The monoisotopic (exact) mass is 352 g/mol. The molecule has 0 spiro atoms. The first-order valence-corrected chi connectivity index (χ1v) is 8.67. The Morgan fingerprint density at radius 1 is 1.33 bits per heavy atom. The van der Waals surface area contributed by atoms with Crippen LogP contribution in [0, 0.1) is 5.92 Å². The van der Waals surface area contributed by atoms with E-state index in [1.54, 1.807) is 0 Å². The molecule has 2 rings (SSSR count). The molecule has 1 amide bonds. The molecule has 1 unspecified atom stereocenters. The Balaban J connectivity index is 1.67. The summed E-state index contributed by atoms with van der Waals surface area (Å²) in [7, 11) is 0. The van der Waals surface area contributed by atoms with Crippen molar-refractivity contribution in [2.24, 2.45) is 5.92 Å². The van der Waals surface area contributed by atoms with Crippen LogP contribution in [-0.2, 0) is 11.2 Å². The molecule has 3 nitrogen and oxygen atoms in total. The number of hydrogen-bond acceptors (Lipinski definition) is 2. The van der Waals surface area contributed by atoms with Crippen molar-refractivity contribution in [3.63, 3.8) is 0 Å². The molecular formula is C17H25BrN2O. The van der Waals surface area contributed by atoms with Crippen molar-refractivity contribution in [1.82, 2.24) is 10.6 Å². The number of halogens is 1. The van der Waals surface area contributed by atoms with Crippen molar-refractivity contribution in [2.45, 2.75) is 45.1 Å². The van der Waals surface area contributed by atoms with E-state index in [0.29, 0.717) is 6.42 Å². The number of carbonyl (C=O) groups is 1. The minimum atomic E-state index is 0.187. The summed E-state index contributed by atoms with van der Waals surface area (Å²) in [6.07, 6.45) is 4.99. The predicted molar refractivity (Wildman–Crippen MR) is 90.3 cm³/mol. The molecule has 1 atom stereocenters. The number of carbonyl (C=O) groups excluding carboxylic acids is 1. The summed E-state index contributed by atoms with van der Waals surface area (Å²) in [5, 5.41) is 6.48. The van der Waals surface area contributed by atoms with E-state index in [0.717, 1.165) is 36.3 Å². The van der Waals surface area contributed by atoms with Crippen molar-refractivity contribution >= 4 is 21.8 Å². The van der Waals surface area contributed by atoms with Gasteiger partial charge in [0.1, 0.15) is 0 Å². The van der Waals surface area contributed by atoms with Crippen LogP contribution in [0.25, 0.3) is 0 Å². The van der Waals surface area contributed by atoms with Crippen LogP contribution < -0.4 is 10.6 Å². The summed E-state index contributed by atoms with van der Waals surface area (Å²) >= 11 is 3.44. The molecule has 0 radical (unpaired) electrons. The van der Waals surface area contributed by atoms with Gasteiger partial charge in [-0.05, 0) is 69.3 Å². The lowest BCUT2D eigenvalue weighted by molar-refractivity contribution is -0.122. The molecule has 0 saturated carbocycles. The van der Waals surface area contributed by atoms with E-state index in [1.165, 1.54) is 18.4 Å². The quantitative estimate of drug-likeness (QED) is 0.824. The third-order valence-electron chi connectivity index (χ3n) is 4.10. The van der Waals surface area contributed by atoms with Crippen LogP contribution >= 0.6 is 15.9 Å². The minimum Gasteiger partial charge on any atom is -0.353 e. The molecule has 21 heavy (non-hydrogen) atoms. The highest BCUT2D eigenvalue weighted by atomic mass is 79.9. The van der Waals surface area contributed by atoms with Gasteiger partial charge >= 0.3 is 0 Å². The van der Waals surface area contributed by atoms with E-state index in [-0.39, 0.29) is 11.9 Å². The van der Waals surface area contributed by atoms with Gasteiger partial charge in [0.15, 0.2) is 0 Å². The highest BCUT2D eigenvalue weighted by Gasteiger charge is 2.15. The van der Waals surface area contributed by atoms with Gasteiger partial charge in [0.25, 0.3) is 0 Å². The van der Waals surface area contributed by atoms with Gasteiger partial charge in [0, 0.05) is 16.9 Å². The Hall–Kier alpha value is -0.870. The van der Waals surface area contributed by atoms with Crippen molar-refractivity contribution in [1.29, 1.82) is 0 Å². The lowest BCUT2D eigenvalue weighted by Gasteiger charge is -2.22. The fraction of sp³-hybridized carbons (Fsp3) is 0.588. The number of nitrogens with one attached hydrogen (secondary N) is 2. The third-order valence-corrected chi connectivity index (χ3v) is 4.63. The number of amides is 1. The van der Waals surface area contributed by atoms with Gasteiger partial charge in [-0.1, -0.05) is 28.1 Å². The summed E-state index contributed by atoms with van der Waals surface area (Å²) in [4.78, 5) is 12.0. The molecule has 1 heterocycles. The van der Waals surface area contributed by atoms with Gasteiger partial charge in [-0.2, -0.15) is 0 Å². The van der Waals surface area contributed by atoms with Crippen molar-refractivity contribution in [3.8, 4) is 0 Å². The summed E-state index contributed by atoms with van der Waals surface area (Å²) in [6.45, 7) is 4.28. The Morgan fingerprint density at radius 3 is 2.67 bits per heavy atom. The Morgan fingerprint density at radius 2 is 2.00 bits per heavy atom. The van der Waals surface area contributed by atoms with E-state index in [1.807, 2.05) is 12.1 Å². The van der Waals surface area contributed by atoms with Crippen LogP contribution in [0.4, 0.5) is 0 Å². The third kappa shape index (κ3) is 6.18. The van der Waals surface area contributed by atoms with Gasteiger partial charge < -0.3 is 10.6 Å². The Kier molecular flexibility index (Phi) is 6.71. The average Bonchev–Trinajstić information content (AvgIpc) is 2.48. The summed E-state index contributed by atoms with van der Waals surface area (Å²) in [6, 6.07) is 8.47. The lowest BCUT2D eigenvalue weighted by atomic mass is 9.93. The fourth-order valence-corrected chi connectivity index (χ4v) is 3.14. The summed E-state index contributed by atoms with van der Waals surface area (Å²) in [5.41, 5.74) is 1.25. The molecule has 1 fully saturated rings. The number of piperidine rings is 1. The maximum absolute atomic E-state index is 12.0. The summed E-state index contributed by atoms with van der Waals surface area (Å²) in [5.74, 6) is 0.914. The Bertz CT molecular complexity index is 441. The Labute approximate surface area is 136 Å². The van der Waals surface area contributed by atoms with Crippen molar-refractivity contribution < 1.29 is 4.79 Å². The topological polar surface area (TPSA) is 41.1 Å². The highest BCUT2D eigenvalue weighted by Crippen LogP contribution is 2.17. The molecule has 0 aromatic heterocycles. The van der Waals surface area contributed by atoms with E-state index >= 15 is 0 Å². The molecule has 0 bridgehead atoms. The second kappa shape index (κ2) is 8.54. The van der Waals surface area contributed by atoms with E-state index in [4.69, 9.17) is 0 Å². The molecule has 1 aromatic rings. The van der Waals surface area contributed by atoms with Crippen LogP contribution in [-0.4, -0.2) is 25.0 Å². The second-order valence-electron chi connectivity index (χ2n) is 6.03. The minimum absolute atomic E-state index is 0.187. The molecular weight excluding hydrogens is 328 g/mol. The first-order chi connectivity index (χ1) is 10.1. The highest BCUT2D eigenvalue weighted by molar-refractivity contribution is 9.10. The average molecular weight is 353 g/mol. The van der Waals surface area contributed by atoms with Crippen LogP contribution in [0.15, 0.2) is 28.7 Å². The molecule has 116 valence electrons. The van der Waals surface area contributed by atoms with Crippen LogP contribution in [0.3, 0.4) is 0 Å². The maximum atomic E-state index is 12.0. The van der Waals surface area contributed by atoms with Gasteiger partial charge in [0.05, 0.1) is 0 Å². The molecule has 4 heteroatoms. The molecule has 1 aliphatic heterocycles. The van der Waals surface area contributed by atoms with Gasteiger partial charge in [-0.25, -0.2) is 0 Å². The number of rotatable bonds is 6. The van der Waals surface area contributed by atoms with Crippen molar-refractivity contribution in [3.05, 3.63) is 34.3 Å². The van der Waals surface area contributed by atoms with E-state index in [2.05, 4.69) is 45.6 Å². The van der Waals surface area contributed by atoms with Gasteiger partial charge in [-0.15, -0.1) is 0 Å². The smallest absolute Gasteiger partial charge is 0.220 e. The zero-order valence-electron chi connectivity index (χ0n) is 12.7. The normalized spacial score (nSPS) is 17.4. The van der Waals surface area contributed by atoms with E-state index in [9.17, 15) is 4.79 Å². The van der Waals surface area contributed by atoms with Gasteiger partial charge in [-0.3, -0.25) is 4.79 Å². The maximum Gasteiger partial charge on any atom is 0.220 e. The molecule has 2 N–H and O–H groups in total.